The van der Waals surface area contributed by atoms with E-state index in [-0.39, 0.29) is 11.3 Å². The van der Waals surface area contributed by atoms with Crippen LogP contribution in [0, 0.1) is 0 Å². The number of ether oxygens (including phenoxy) is 1. The number of amides is 1. The molecule has 1 amide bonds. The zero-order chi connectivity index (χ0) is 16.4. The number of nitrogens with zero attached hydrogens (tertiary/aromatic N) is 1. The van der Waals surface area contributed by atoms with Gasteiger partial charge in [0.05, 0.1) is 17.9 Å². The molecule has 6 heteroatoms. The van der Waals surface area contributed by atoms with E-state index in [4.69, 9.17) is 16.3 Å². The zero-order valence-corrected chi connectivity index (χ0v) is 15.2. The van der Waals surface area contributed by atoms with Gasteiger partial charge in [0.25, 0.3) is 0 Å². The SMILES string of the molecule is COc1ccc(N2C(=O)CS[C@@H]2c2ccc(SC)cc2)cc1Cl. The summed E-state index contributed by atoms with van der Waals surface area (Å²) in [5.41, 5.74) is 1.91. The number of rotatable bonds is 4. The highest BCUT2D eigenvalue weighted by Gasteiger charge is 2.34. The van der Waals surface area contributed by atoms with E-state index in [9.17, 15) is 4.79 Å². The molecule has 1 aliphatic rings. The Hall–Kier alpha value is -1.30. The van der Waals surface area contributed by atoms with Crippen LogP contribution < -0.4 is 9.64 Å². The molecule has 23 heavy (non-hydrogen) atoms. The molecule has 0 N–H and O–H groups in total. The predicted octanol–water partition coefficient (Wildman–Crippen LogP) is 4.85. The second-order valence-corrected chi connectivity index (χ2v) is 7.37. The Morgan fingerprint density at radius 3 is 2.61 bits per heavy atom. The monoisotopic (exact) mass is 365 g/mol. The van der Waals surface area contributed by atoms with Crippen LogP contribution in [0.1, 0.15) is 10.9 Å². The van der Waals surface area contributed by atoms with Crippen molar-refractivity contribution in [3.05, 3.63) is 53.1 Å². The van der Waals surface area contributed by atoms with Gasteiger partial charge in [-0.05, 0) is 42.2 Å². The summed E-state index contributed by atoms with van der Waals surface area (Å²) >= 11 is 9.55. The summed E-state index contributed by atoms with van der Waals surface area (Å²) in [5, 5.41) is 0.481. The summed E-state index contributed by atoms with van der Waals surface area (Å²) in [6, 6.07) is 13.8. The van der Waals surface area contributed by atoms with Gasteiger partial charge in [-0.3, -0.25) is 9.69 Å². The van der Waals surface area contributed by atoms with Gasteiger partial charge in [0.15, 0.2) is 0 Å². The molecule has 1 atom stereocenters. The smallest absolute Gasteiger partial charge is 0.238 e. The van der Waals surface area contributed by atoms with Gasteiger partial charge in [-0.25, -0.2) is 0 Å². The molecular weight excluding hydrogens is 350 g/mol. The number of thioether (sulfide) groups is 2. The first-order valence-corrected chi connectivity index (χ1v) is 9.70. The Bertz CT molecular complexity index is 721. The standard InChI is InChI=1S/C17H16ClNO2S2/c1-21-15-8-5-12(9-14(15)18)19-16(20)10-23-17(19)11-3-6-13(22-2)7-4-11/h3-9,17H,10H2,1-2H3/t17-/m1/s1. The number of methoxy groups -OCH3 is 1. The first-order chi connectivity index (χ1) is 11.1. The quantitative estimate of drug-likeness (QED) is 0.724. The minimum absolute atomic E-state index is 0.0251. The Morgan fingerprint density at radius 2 is 2.00 bits per heavy atom. The number of hydrogen-bond acceptors (Lipinski definition) is 4. The molecule has 0 bridgehead atoms. The molecule has 1 aliphatic heterocycles. The van der Waals surface area contributed by atoms with Gasteiger partial charge >= 0.3 is 0 Å². The van der Waals surface area contributed by atoms with Crippen LogP contribution in [0.2, 0.25) is 5.02 Å². The molecular formula is C17H16ClNO2S2. The summed E-state index contributed by atoms with van der Waals surface area (Å²) in [5.74, 6) is 1.17. The van der Waals surface area contributed by atoms with Crippen LogP contribution in [-0.4, -0.2) is 25.0 Å². The minimum Gasteiger partial charge on any atom is -0.495 e. The minimum atomic E-state index is -0.0251. The van der Waals surface area contributed by atoms with Crippen molar-refractivity contribution in [1.82, 2.24) is 0 Å². The Labute approximate surface area is 149 Å². The number of hydrogen-bond donors (Lipinski definition) is 0. The average Bonchev–Trinajstić information content (AvgIpc) is 2.96. The molecule has 0 saturated carbocycles. The summed E-state index contributed by atoms with van der Waals surface area (Å²) in [7, 11) is 1.58. The van der Waals surface area contributed by atoms with Crippen LogP contribution in [0.15, 0.2) is 47.4 Å². The number of halogens is 1. The van der Waals surface area contributed by atoms with Crippen molar-refractivity contribution in [2.45, 2.75) is 10.3 Å². The lowest BCUT2D eigenvalue weighted by molar-refractivity contribution is -0.115. The van der Waals surface area contributed by atoms with Crippen molar-refractivity contribution < 1.29 is 9.53 Å². The third kappa shape index (κ3) is 3.32. The summed E-state index contributed by atoms with van der Waals surface area (Å²) < 4.78 is 5.18. The van der Waals surface area contributed by atoms with Gasteiger partial charge in [0.2, 0.25) is 5.91 Å². The first kappa shape index (κ1) is 16.6. The molecule has 0 unspecified atom stereocenters. The number of benzene rings is 2. The molecule has 0 aliphatic carbocycles. The van der Waals surface area contributed by atoms with Gasteiger partial charge in [-0.2, -0.15) is 0 Å². The lowest BCUT2D eigenvalue weighted by Gasteiger charge is -2.25. The Kier molecular flexibility index (Phi) is 5.09. The number of carbonyl (C=O) groups excluding carboxylic acids is 1. The first-order valence-electron chi connectivity index (χ1n) is 7.05. The molecule has 0 spiro atoms. The van der Waals surface area contributed by atoms with Gasteiger partial charge < -0.3 is 4.74 Å². The van der Waals surface area contributed by atoms with Crippen molar-refractivity contribution in [3.8, 4) is 5.75 Å². The topological polar surface area (TPSA) is 29.5 Å². The Morgan fingerprint density at radius 1 is 1.26 bits per heavy atom. The van der Waals surface area contributed by atoms with E-state index < -0.39 is 0 Å². The highest BCUT2D eigenvalue weighted by atomic mass is 35.5. The normalized spacial score (nSPS) is 17.6. The van der Waals surface area contributed by atoms with Crippen LogP contribution >= 0.6 is 35.1 Å². The fourth-order valence-corrected chi connectivity index (χ4v) is 4.36. The molecule has 1 saturated heterocycles. The van der Waals surface area contributed by atoms with Crippen LogP contribution in [-0.2, 0) is 4.79 Å². The third-order valence-corrected chi connectivity index (χ3v) is 5.93. The lowest BCUT2D eigenvalue weighted by Crippen LogP contribution is -2.27. The molecule has 3 rings (SSSR count). The van der Waals surface area contributed by atoms with Crippen LogP contribution in [0.25, 0.3) is 0 Å². The predicted molar refractivity (Wildman–Crippen MR) is 98.9 cm³/mol. The average molecular weight is 366 g/mol. The molecule has 3 nitrogen and oxygen atoms in total. The van der Waals surface area contributed by atoms with Crippen LogP contribution in [0.5, 0.6) is 5.75 Å². The maximum Gasteiger partial charge on any atom is 0.238 e. The molecule has 0 radical (unpaired) electrons. The van der Waals surface area contributed by atoms with E-state index >= 15 is 0 Å². The van der Waals surface area contributed by atoms with Crippen molar-refractivity contribution in [2.24, 2.45) is 0 Å². The number of carbonyl (C=O) groups is 1. The summed E-state index contributed by atoms with van der Waals surface area (Å²) in [6.45, 7) is 0. The van der Waals surface area contributed by atoms with Crippen molar-refractivity contribution >= 4 is 46.7 Å². The van der Waals surface area contributed by atoms with Crippen LogP contribution in [0.4, 0.5) is 5.69 Å². The number of anilines is 1. The van der Waals surface area contributed by atoms with Gasteiger partial charge in [-0.15, -0.1) is 23.5 Å². The van der Waals surface area contributed by atoms with E-state index in [1.807, 2.05) is 11.0 Å². The fourth-order valence-electron chi connectivity index (χ4n) is 2.52. The molecule has 1 fully saturated rings. The third-order valence-electron chi connectivity index (χ3n) is 3.68. The van der Waals surface area contributed by atoms with Gasteiger partial charge in [0, 0.05) is 10.6 Å². The zero-order valence-electron chi connectivity index (χ0n) is 12.8. The molecule has 2 aromatic rings. The van der Waals surface area contributed by atoms with Crippen molar-refractivity contribution in [2.75, 3.05) is 24.0 Å². The van der Waals surface area contributed by atoms with E-state index in [2.05, 4.69) is 30.5 Å². The van der Waals surface area contributed by atoms with Gasteiger partial charge in [0.1, 0.15) is 11.1 Å². The highest BCUT2D eigenvalue weighted by Crippen LogP contribution is 2.43. The van der Waals surface area contributed by atoms with E-state index in [0.717, 1.165) is 11.3 Å². The van der Waals surface area contributed by atoms with E-state index in [1.165, 1.54) is 4.90 Å². The molecule has 120 valence electrons. The van der Waals surface area contributed by atoms with Crippen molar-refractivity contribution in [3.63, 3.8) is 0 Å². The molecule has 2 aromatic carbocycles. The van der Waals surface area contributed by atoms with Crippen molar-refractivity contribution in [1.29, 1.82) is 0 Å². The highest BCUT2D eigenvalue weighted by molar-refractivity contribution is 8.00. The Balaban J connectivity index is 1.94. The van der Waals surface area contributed by atoms with E-state index in [1.54, 1.807) is 42.8 Å². The molecule has 0 aromatic heterocycles. The summed E-state index contributed by atoms with van der Waals surface area (Å²) in [4.78, 5) is 15.4. The second kappa shape index (κ2) is 7.07. The van der Waals surface area contributed by atoms with Crippen LogP contribution in [0.3, 0.4) is 0 Å². The summed E-state index contributed by atoms with van der Waals surface area (Å²) in [6.07, 6.45) is 2.05. The largest absolute Gasteiger partial charge is 0.495 e. The van der Waals surface area contributed by atoms with Gasteiger partial charge in [-0.1, -0.05) is 23.7 Å². The maximum atomic E-state index is 12.4. The van der Waals surface area contributed by atoms with E-state index in [0.29, 0.717) is 16.5 Å². The second-order valence-electron chi connectivity index (χ2n) is 5.02. The lowest BCUT2D eigenvalue weighted by atomic mass is 10.2. The molecule has 1 heterocycles. The fraction of sp³-hybridized carbons (Fsp3) is 0.235. The maximum absolute atomic E-state index is 12.4.